The van der Waals surface area contributed by atoms with Crippen LogP contribution in [0.25, 0.3) is 0 Å². The van der Waals surface area contributed by atoms with E-state index in [0.717, 1.165) is 51.5 Å². The minimum absolute atomic E-state index is 0. The van der Waals surface area contributed by atoms with Crippen LogP contribution in [0.15, 0.2) is 24.3 Å². The lowest BCUT2D eigenvalue weighted by Gasteiger charge is -2.32. The first kappa shape index (κ1) is 18.3. The highest BCUT2D eigenvalue weighted by molar-refractivity contribution is 5.85. The molecule has 128 valence electrons. The second kappa shape index (κ2) is 8.16. The molecule has 1 heterocycles. The Morgan fingerprint density at radius 2 is 1.91 bits per heavy atom. The lowest BCUT2D eigenvalue weighted by atomic mass is 9.85. The number of nitrogens with zero attached hydrogens (tertiary/aromatic N) is 1. The summed E-state index contributed by atoms with van der Waals surface area (Å²) >= 11 is 0. The van der Waals surface area contributed by atoms with Crippen molar-refractivity contribution in [2.45, 2.75) is 64.0 Å². The van der Waals surface area contributed by atoms with Crippen LogP contribution in [0.4, 0.5) is 0 Å². The number of hydrogen-bond acceptors (Lipinski definition) is 2. The van der Waals surface area contributed by atoms with Crippen LogP contribution in [0, 0.1) is 12.8 Å². The van der Waals surface area contributed by atoms with Crippen molar-refractivity contribution in [1.82, 2.24) is 4.90 Å². The van der Waals surface area contributed by atoms with Gasteiger partial charge in [-0.15, -0.1) is 12.4 Å². The van der Waals surface area contributed by atoms with E-state index in [1.54, 1.807) is 0 Å². The minimum Gasteiger partial charge on any atom is -0.339 e. The van der Waals surface area contributed by atoms with Crippen LogP contribution in [0.5, 0.6) is 0 Å². The lowest BCUT2D eigenvalue weighted by Crippen LogP contribution is -2.43. The van der Waals surface area contributed by atoms with Gasteiger partial charge in [-0.1, -0.05) is 36.2 Å². The van der Waals surface area contributed by atoms with E-state index in [9.17, 15) is 4.79 Å². The Hall–Kier alpha value is -1.06. The molecule has 0 aromatic heterocycles. The molecule has 3 rings (SSSR count). The molecule has 2 aliphatic rings. The number of amides is 1. The molecule has 3 nitrogen and oxygen atoms in total. The summed E-state index contributed by atoms with van der Waals surface area (Å²) in [5, 5.41) is 0. The maximum absolute atomic E-state index is 12.9. The largest absolute Gasteiger partial charge is 0.339 e. The molecule has 1 aromatic carbocycles. The maximum atomic E-state index is 12.9. The minimum atomic E-state index is 0. The fourth-order valence-electron chi connectivity index (χ4n) is 4.02. The van der Waals surface area contributed by atoms with E-state index in [-0.39, 0.29) is 24.4 Å². The van der Waals surface area contributed by atoms with Crippen molar-refractivity contribution in [1.29, 1.82) is 0 Å². The molecule has 1 aromatic rings. The van der Waals surface area contributed by atoms with Gasteiger partial charge in [0.15, 0.2) is 0 Å². The molecule has 4 heteroatoms. The molecule has 3 unspecified atom stereocenters. The van der Waals surface area contributed by atoms with Gasteiger partial charge in [-0.25, -0.2) is 0 Å². The van der Waals surface area contributed by atoms with Crippen molar-refractivity contribution in [2.75, 3.05) is 6.54 Å². The van der Waals surface area contributed by atoms with E-state index in [2.05, 4.69) is 36.1 Å². The number of aryl methyl sites for hydroxylation is 1. The molecule has 1 aliphatic heterocycles. The molecule has 3 atom stereocenters. The van der Waals surface area contributed by atoms with Crippen molar-refractivity contribution in [3.8, 4) is 0 Å². The van der Waals surface area contributed by atoms with Gasteiger partial charge in [0.05, 0.1) is 0 Å². The SMILES string of the molecule is Cc1ccc(CC2CCCN2C(=O)C2CCCC(N)C2)cc1.Cl. The summed E-state index contributed by atoms with van der Waals surface area (Å²) in [4.78, 5) is 15.0. The van der Waals surface area contributed by atoms with Crippen LogP contribution in [0.2, 0.25) is 0 Å². The number of carbonyl (C=O) groups excluding carboxylic acids is 1. The number of likely N-dealkylation sites (tertiary alicyclic amines) is 1. The van der Waals surface area contributed by atoms with Crippen molar-refractivity contribution in [2.24, 2.45) is 11.7 Å². The summed E-state index contributed by atoms with van der Waals surface area (Å²) in [6.45, 7) is 3.04. The van der Waals surface area contributed by atoms with Gasteiger partial charge in [0.2, 0.25) is 5.91 Å². The van der Waals surface area contributed by atoms with Crippen LogP contribution in [-0.4, -0.2) is 29.4 Å². The zero-order valence-corrected chi connectivity index (χ0v) is 14.9. The summed E-state index contributed by atoms with van der Waals surface area (Å²) in [5.41, 5.74) is 8.70. The number of halogens is 1. The van der Waals surface area contributed by atoms with Crippen LogP contribution in [0.1, 0.15) is 49.7 Å². The third-order valence-corrected chi connectivity index (χ3v) is 5.32. The summed E-state index contributed by atoms with van der Waals surface area (Å²) in [7, 11) is 0. The molecule has 23 heavy (non-hydrogen) atoms. The third-order valence-electron chi connectivity index (χ3n) is 5.32. The lowest BCUT2D eigenvalue weighted by molar-refractivity contribution is -0.137. The van der Waals surface area contributed by atoms with Crippen molar-refractivity contribution in [3.05, 3.63) is 35.4 Å². The summed E-state index contributed by atoms with van der Waals surface area (Å²) in [6, 6.07) is 9.33. The zero-order valence-electron chi connectivity index (χ0n) is 14.0. The molecule has 1 aliphatic carbocycles. The standard InChI is InChI=1S/C19H28N2O.ClH/c1-14-7-9-15(10-8-14)12-18-6-3-11-21(18)19(22)16-4-2-5-17(20)13-16;/h7-10,16-18H,2-6,11-13,20H2,1H3;1H. The highest BCUT2D eigenvalue weighted by Crippen LogP contribution is 2.29. The van der Waals surface area contributed by atoms with E-state index in [4.69, 9.17) is 5.73 Å². The van der Waals surface area contributed by atoms with E-state index in [0.29, 0.717) is 11.9 Å². The van der Waals surface area contributed by atoms with Gasteiger partial charge in [-0.3, -0.25) is 4.79 Å². The second-order valence-corrected chi connectivity index (χ2v) is 7.14. The average molecular weight is 337 g/mol. The molecule has 0 radical (unpaired) electrons. The highest BCUT2D eigenvalue weighted by Gasteiger charge is 2.34. The van der Waals surface area contributed by atoms with Crippen LogP contribution in [0.3, 0.4) is 0 Å². The van der Waals surface area contributed by atoms with Gasteiger partial charge in [0, 0.05) is 24.5 Å². The van der Waals surface area contributed by atoms with Crippen LogP contribution in [-0.2, 0) is 11.2 Å². The normalized spacial score (nSPS) is 27.6. The smallest absolute Gasteiger partial charge is 0.225 e. The van der Waals surface area contributed by atoms with Crippen LogP contribution < -0.4 is 5.73 Å². The Morgan fingerprint density at radius 3 is 2.61 bits per heavy atom. The Morgan fingerprint density at radius 1 is 1.17 bits per heavy atom. The fourth-order valence-corrected chi connectivity index (χ4v) is 4.02. The number of nitrogens with two attached hydrogens (primary N) is 1. The Bertz CT molecular complexity index is 517. The zero-order chi connectivity index (χ0) is 15.5. The van der Waals surface area contributed by atoms with E-state index in [1.807, 2.05) is 0 Å². The Balaban J connectivity index is 0.00000192. The summed E-state index contributed by atoms with van der Waals surface area (Å²) in [5.74, 6) is 0.534. The maximum Gasteiger partial charge on any atom is 0.225 e. The molecule has 2 fully saturated rings. The number of hydrogen-bond donors (Lipinski definition) is 1. The molecule has 1 saturated carbocycles. The topological polar surface area (TPSA) is 46.3 Å². The number of benzene rings is 1. The molecule has 1 saturated heterocycles. The Kier molecular flexibility index (Phi) is 6.49. The summed E-state index contributed by atoms with van der Waals surface area (Å²) in [6.07, 6.45) is 7.36. The van der Waals surface area contributed by atoms with Gasteiger partial charge < -0.3 is 10.6 Å². The quantitative estimate of drug-likeness (QED) is 0.918. The summed E-state index contributed by atoms with van der Waals surface area (Å²) < 4.78 is 0. The van der Waals surface area contributed by atoms with Gasteiger partial charge in [-0.05, 0) is 51.0 Å². The molecule has 2 N–H and O–H groups in total. The third kappa shape index (κ3) is 4.48. The van der Waals surface area contributed by atoms with Crippen molar-refractivity contribution < 1.29 is 4.79 Å². The molecular formula is C19H29ClN2O. The Labute approximate surface area is 146 Å². The van der Waals surface area contributed by atoms with Crippen LogP contribution >= 0.6 is 12.4 Å². The predicted molar refractivity (Wildman–Crippen MR) is 96.8 cm³/mol. The van der Waals surface area contributed by atoms with E-state index in [1.165, 1.54) is 11.1 Å². The number of carbonyl (C=O) groups is 1. The van der Waals surface area contributed by atoms with Gasteiger partial charge in [0.1, 0.15) is 0 Å². The fraction of sp³-hybridized carbons (Fsp3) is 0.632. The van der Waals surface area contributed by atoms with Gasteiger partial charge >= 0.3 is 0 Å². The van der Waals surface area contributed by atoms with E-state index < -0.39 is 0 Å². The number of rotatable bonds is 3. The first-order valence-electron chi connectivity index (χ1n) is 8.75. The molecule has 1 amide bonds. The predicted octanol–water partition coefficient (Wildman–Crippen LogP) is 3.47. The van der Waals surface area contributed by atoms with Crippen molar-refractivity contribution >= 4 is 18.3 Å². The van der Waals surface area contributed by atoms with Gasteiger partial charge in [0.25, 0.3) is 0 Å². The first-order valence-corrected chi connectivity index (χ1v) is 8.75. The van der Waals surface area contributed by atoms with Gasteiger partial charge in [-0.2, -0.15) is 0 Å². The first-order chi connectivity index (χ1) is 10.6. The van der Waals surface area contributed by atoms with E-state index >= 15 is 0 Å². The molecular weight excluding hydrogens is 308 g/mol. The monoisotopic (exact) mass is 336 g/mol. The van der Waals surface area contributed by atoms with Crippen molar-refractivity contribution in [3.63, 3.8) is 0 Å². The average Bonchev–Trinajstić information content (AvgIpc) is 2.97. The second-order valence-electron chi connectivity index (χ2n) is 7.14. The molecule has 0 spiro atoms. The highest BCUT2D eigenvalue weighted by atomic mass is 35.5. The molecule has 0 bridgehead atoms.